The zero-order chi connectivity index (χ0) is 27.3. The molecule has 2 aliphatic rings. The number of benzene rings is 3. The van der Waals surface area contributed by atoms with Gasteiger partial charge in [-0.2, -0.15) is 4.37 Å². The summed E-state index contributed by atoms with van der Waals surface area (Å²) < 4.78 is 4.58. The standard InChI is InChI=1S/C32H34ClN5OS/c33-28-13-11-24(12-14-28)23-29-34-32(40-35-29)38-17-15-27(16-18-38)31(39)37-21-19-36(20-22-37)30(25-7-3-1-4-8-25)26-9-5-2-6-10-26/h1-14,27,30H,15-23H2. The monoisotopic (exact) mass is 571 g/mol. The van der Waals surface area contributed by atoms with Crippen molar-refractivity contribution < 1.29 is 4.79 Å². The number of amides is 1. The summed E-state index contributed by atoms with van der Waals surface area (Å²) in [4.78, 5) is 25.2. The number of rotatable bonds is 7. The molecule has 40 heavy (non-hydrogen) atoms. The molecule has 0 radical (unpaired) electrons. The Labute approximate surface area is 245 Å². The van der Waals surface area contributed by atoms with Gasteiger partial charge in [-0.15, -0.1) is 0 Å². The van der Waals surface area contributed by atoms with Gasteiger partial charge in [0.2, 0.25) is 11.0 Å². The third-order valence-electron chi connectivity index (χ3n) is 8.07. The van der Waals surface area contributed by atoms with Crippen LogP contribution in [0.4, 0.5) is 5.13 Å². The van der Waals surface area contributed by atoms with E-state index in [2.05, 4.69) is 79.7 Å². The van der Waals surface area contributed by atoms with Crippen molar-refractivity contribution in [3.05, 3.63) is 112 Å². The summed E-state index contributed by atoms with van der Waals surface area (Å²) >= 11 is 7.46. The average molecular weight is 572 g/mol. The van der Waals surface area contributed by atoms with Gasteiger partial charge in [-0.3, -0.25) is 9.69 Å². The van der Waals surface area contributed by atoms with Crippen LogP contribution in [-0.2, 0) is 11.2 Å². The van der Waals surface area contributed by atoms with Crippen molar-refractivity contribution >= 4 is 34.2 Å². The lowest BCUT2D eigenvalue weighted by Gasteiger charge is -2.41. The van der Waals surface area contributed by atoms with Gasteiger partial charge in [0.1, 0.15) is 5.82 Å². The van der Waals surface area contributed by atoms with Crippen LogP contribution in [0.2, 0.25) is 5.02 Å². The maximum atomic E-state index is 13.5. The molecule has 0 unspecified atom stereocenters. The van der Waals surface area contributed by atoms with Crippen LogP contribution < -0.4 is 4.90 Å². The first-order valence-corrected chi connectivity index (χ1v) is 15.2. The van der Waals surface area contributed by atoms with Crippen molar-refractivity contribution in [1.29, 1.82) is 0 Å². The van der Waals surface area contributed by atoms with Crippen LogP contribution in [0.5, 0.6) is 0 Å². The minimum Gasteiger partial charge on any atom is -0.347 e. The second-order valence-electron chi connectivity index (χ2n) is 10.6. The first kappa shape index (κ1) is 26.9. The minimum absolute atomic E-state index is 0.0864. The van der Waals surface area contributed by atoms with Crippen molar-refractivity contribution in [3.8, 4) is 0 Å². The number of hydrogen-bond donors (Lipinski definition) is 0. The van der Waals surface area contributed by atoms with Crippen molar-refractivity contribution in [2.75, 3.05) is 44.2 Å². The summed E-state index contributed by atoms with van der Waals surface area (Å²) in [6, 6.07) is 29.5. The van der Waals surface area contributed by atoms with E-state index < -0.39 is 0 Å². The second kappa shape index (κ2) is 12.5. The molecule has 0 N–H and O–H groups in total. The normalized spacial score (nSPS) is 16.9. The molecule has 2 aliphatic heterocycles. The molecule has 1 amide bonds. The van der Waals surface area contributed by atoms with Crippen LogP contribution in [0.3, 0.4) is 0 Å². The van der Waals surface area contributed by atoms with Gasteiger partial charge < -0.3 is 9.80 Å². The Morgan fingerprint density at radius 2 is 1.43 bits per heavy atom. The zero-order valence-electron chi connectivity index (χ0n) is 22.5. The van der Waals surface area contributed by atoms with E-state index in [9.17, 15) is 4.79 Å². The Bertz CT molecular complexity index is 1340. The molecular formula is C32H34ClN5OS. The van der Waals surface area contributed by atoms with Gasteiger partial charge in [-0.25, -0.2) is 4.98 Å². The van der Waals surface area contributed by atoms with Crippen LogP contribution in [0.15, 0.2) is 84.9 Å². The van der Waals surface area contributed by atoms with Crippen LogP contribution in [0.25, 0.3) is 0 Å². The predicted octanol–water partition coefficient (Wildman–Crippen LogP) is 5.93. The number of piperidine rings is 1. The van der Waals surface area contributed by atoms with Crippen molar-refractivity contribution in [1.82, 2.24) is 19.2 Å². The third-order valence-corrected chi connectivity index (χ3v) is 9.14. The van der Waals surface area contributed by atoms with Gasteiger partial charge in [0.15, 0.2) is 0 Å². The molecule has 0 aliphatic carbocycles. The maximum absolute atomic E-state index is 13.5. The molecule has 4 aromatic rings. The van der Waals surface area contributed by atoms with Crippen LogP contribution in [0.1, 0.15) is 41.4 Å². The van der Waals surface area contributed by atoms with Gasteiger partial charge in [0.05, 0.1) is 6.04 Å². The summed E-state index contributed by atoms with van der Waals surface area (Å²) in [5, 5.41) is 1.69. The molecule has 2 saturated heterocycles. The first-order chi connectivity index (χ1) is 19.6. The SMILES string of the molecule is O=C(C1CCN(c2nc(Cc3ccc(Cl)cc3)ns2)CC1)N1CCN(C(c2ccccc2)c2ccccc2)CC1. The highest BCUT2D eigenvalue weighted by Crippen LogP contribution is 2.31. The van der Waals surface area contributed by atoms with E-state index in [0.717, 1.165) is 73.7 Å². The predicted molar refractivity (Wildman–Crippen MR) is 162 cm³/mol. The van der Waals surface area contributed by atoms with Gasteiger partial charge in [-0.1, -0.05) is 84.4 Å². The summed E-state index contributed by atoms with van der Waals surface area (Å²) in [6.45, 7) is 4.99. The Balaban J connectivity index is 1.02. The van der Waals surface area contributed by atoms with Crippen molar-refractivity contribution in [2.24, 2.45) is 5.92 Å². The largest absolute Gasteiger partial charge is 0.347 e. The number of carbonyl (C=O) groups excluding carboxylic acids is 1. The number of nitrogens with zero attached hydrogens (tertiary/aromatic N) is 5. The number of halogens is 1. The molecule has 6 rings (SSSR count). The molecule has 0 bridgehead atoms. The van der Waals surface area contributed by atoms with E-state index >= 15 is 0 Å². The highest BCUT2D eigenvalue weighted by Gasteiger charge is 2.33. The summed E-state index contributed by atoms with van der Waals surface area (Å²) in [7, 11) is 0. The van der Waals surface area contributed by atoms with Gasteiger partial charge in [-0.05, 0) is 41.7 Å². The van der Waals surface area contributed by atoms with Crippen LogP contribution in [-0.4, -0.2) is 64.3 Å². The molecule has 1 aromatic heterocycles. The summed E-state index contributed by atoms with van der Waals surface area (Å²) in [5.74, 6) is 1.24. The van der Waals surface area contributed by atoms with Crippen molar-refractivity contribution in [2.45, 2.75) is 25.3 Å². The number of aromatic nitrogens is 2. The number of carbonyl (C=O) groups is 1. The zero-order valence-corrected chi connectivity index (χ0v) is 24.1. The number of hydrogen-bond acceptors (Lipinski definition) is 6. The highest BCUT2D eigenvalue weighted by atomic mass is 35.5. The summed E-state index contributed by atoms with van der Waals surface area (Å²) in [6.07, 6.45) is 2.42. The quantitative estimate of drug-likeness (QED) is 0.275. The van der Waals surface area contributed by atoms with E-state index in [4.69, 9.17) is 16.6 Å². The molecule has 8 heteroatoms. The lowest BCUT2D eigenvalue weighted by molar-refractivity contribution is -0.138. The molecule has 206 valence electrons. The van der Waals surface area contributed by atoms with E-state index in [0.29, 0.717) is 12.3 Å². The molecule has 0 saturated carbocycles. The smallest absolute Gasteiger partial charge is 0.225 e. The maximum Gasteiger partial charge on any atom is 0.225 e. The fraction of sp³-hybridized carbons (Fsp3) is 0.344. The number of piperazine rings is 1. The Hall–Kier alpha value is -3.26. The lowest BCUT2D eigenvalue weighted by Crippen LogP contribution is -2.52. The van der Waals surface area contributed by atoms with E-state index in [1.54, 1.807) is 0 Å². The molecule has 0 atom stereocenters. The topological polar surface area (TPSA) is 52.6 Å². The van der Waals surface area contributed by atoms with Gasteiger partial charge >= 0.3 is 0 Å². The fourth-order valence-corrected chi connectivity index (χ4v) is 6.75. The molecule has 2 fully saturated rings. The lowest BCUT2D eigenvalue weighted by atomic mass is 9.94. The number of anilines is 1. The highest BCUT2D eigenvalue weighted by molar-refractivity contribution is 7.09. The molecule has 3 heterocycles. The van der Waals surface area contributed by atoms with E-state index in [1.807, 2.05) is 24.3 Å². The Morgan fingerprint density at radius 3 is 2.02 bits per heavy atom. The molecule has 3 aromatic carbocycles. The van der Waals surface area contributed by atoms with Gasteiger partial charge in [0.25, 0.3) is 0 Å². The Morgan fingerprint density at radius 1 is 0.825 bits per heavy atom. The van der Waals surface area contributed by atoms with E-state index in [-0.39, 0.29) is 12.0 Å². The first-order valence-electron chi connectivity index (χ1n) is 14.1. The van der Waals surface area contributed by atoms with E-state index in [1.165, 1.54) is 22.7 Å². The second-order valence-corrected chi connectivity index (χ2v) is 11.8. The molecular weight excluding hydrogens is 538 g/mol. The molecule has 0 spiro atoms. The van der Waals surface area contributed by atoms with Gasteiger partial charge in [0, 0.05) is 68.2 Å². The third kappa shape index (κ3) is 6.22. The van der Waals surface area contributed by atoms with Crippen molar-refractivity contribution in [3.63, 3.8) is 0 Å². The molecule has 6 nitrogen and oxygen atoms in total. The van der Waals surface area contributed by atoms with Crippen LogP contribution >= 0.6 is 23.1 Å². The van der Waals surface area contributed by atoms with Crippen LogP contribution in [0, 0.1) is 5.92 Å². The minimum atomic E-state index is 0.0864. The summed E-state index contributed by atoms with van der Waals surface area (Å²) in [5.41, 5.74) is 3.75. The fourth-order valence-electron chi connectivity index (χ4n) is 5.89. The Kier molecular flexibility index (Phi) is 8.42. The average Bonchev–Trinajstić information content (AvgIpc) is 3.48.